The normalized spacial score (nSPS) is 20.4. The Bertz CT molecular complexity index is 2480. The molecule has 2 saturated heterocycles. The van der Waals surface area contributed by atoms with Crippen LogP contribution in [0.15, 0.2) is 55.1 Å². The van der Waals surface area contributed by atoms with Gasteiger partial charge in [0, 0.05) is 81.9 Å². The molecule has 0 spiro atoms. The maximum Gasteiger partial charge on any atom is 0.256 e. The summed E-state index contributed by atoms with van der Waals surface area (Å²) >= 11 is 0. The van der Waals surface area contributed by atoms with E-state index in [1.54, 1.807) is 12.3 Å². The molecule has 4 aromatic heterocycles. The van der Waals surface area contributed by atoms with E-state index in [1.165, 1.54) is 18.0 Å². The van der Waals surface area contributed by atoms with Crippen LogP contribution in [0, 0.1) is 0 Å². The number of carbonyl (C=O) groups excluding carboxylic acids is 3. The standard InChI is InChI=1S/C39H44N12O5S/c1-24(2)51-33-16-36(44-35-9-10-40-37(45-35)27-17-43-50(22-27)57(55,56)29-5-6-29)42-19-31(33)38(46-51)48-13-11-47(12-14-48)20-25-3-7-30-26(15-25)21-49(39(30)54)28-4-8-32(41-18-28)34(53)23-52/h3,7,9-10,15-17,19,22-24,28-29,32,41H,4-6,8,11-14,18,20-21H2,1-2H3,(H,40,42,44,45). The van der Waals surface area contributed by atoms with Crippen LogP contribution in [0.25, 0.3) is 22.3 Å². The third-order valence-corrected chi connectivity index (χ3v) is 13.4. The van der Waals surface area contributed by atoms with Gasteiger partial charge in [-0.1, -0.05) is 12.1 Å². The van der Waals surface area contributed by atoms with Gasteiger partial charge in [0.2, 0.25) is 5.78 Å². The van der Waals surface area contributed by atoms with Crippen molar-refractivity contribution in [2.75, 3.05) is 42.9 Å². The molecule has 1 saturated carbocycles. The molecule has 3 fully saturated rings. The largest absolute Gasteiger partial charge is 0.352 e. The number of hydrogen-bond acceptors (Lipinski definition) is 14. The van der Waals surface area contributed by atoms with Crippen LogP contribution in [0.3, 0.4) is 0 Å². The summed E-state index contributed by atoms with van der Waals surface area (Å²) in [6.45, 7) is 9.32. The number of amides is 1. The number of piperazine rings is 1. The minimum Gasteiger partial charge on any atom is -0.352 e. The highest BCUT2D eigenvalue weighted by atomic mass is 32.2. The van der Waals surface area contributed by atoms with Crippen molar-refractivity contribution >= 4 is 56.4 Å². The van der Waals surface area contributed by atoms with Gasteiger partial charge in [0.05, 0.1) is 40.2 Å². The number of ketones is 1. The van der Waals surface area contributed by atoms with Gasteiger partial charge in [0.1, 0.15) is 11.6 Å². The van der Waals surface area contributed by atoms with Gasteiger partial charge in [-0.2, -0.15) is 14.3 Å². The van der Waals surface area contributed by atoms with E-state index in [0.29, 0.717) is 68.1 Å². The summed E-state index contributed by atoms with van der Waals surface area (Å²) in [7, 11) is -3.49. The smallest absolute Gasteiger partial charge is 0.256 e. The van der Waals surface area contributed by atoms with Crippen molar-refractivity contribution in [3.05, 3.63) is 71.8 Å². The van der Waals surface area contributed by atoms with E-state index in [0.717, 1.165) is 64.7 Å². The molecule has 9 rings (SSSR count). The second kappa shape index (κ2) is 14.7. The van der Waals surface area contributed by atoms with Gasteiger partial charge in [0.15, 0.2) is 17.9 Å². The Morgan fingerprint density at radius 3 is 2.58 bits per heavy atom. The third-order valence-electron chi connectivity index (χ3n) is 11.4. The van der Waals surface area contributed by atoms with Crippen LogP contribution < -0.4 is 15.5 Å². The molecule has 0 bridgehead atoms. The summed E-state index contributed by atoms with van der Waals surface area (Å²) in [4.78, 5) is 56.4. The van der Waals surface area contributed by atoms with Crippen LogP contribution in [-0.2, 0) is 32.7 Å². The van der Waals surface area contributed by atoms with Gasteiger partial charge >= 0.3 is 0 Å². The quantitative estimate of drug-likeness (QED) is 0.138. The molecule has 296 valence electrons. The Balaban J connectivity index is 0.841. The fraction of sp³-hybridized carbons (Fsp3) is 0.436. The Kier molecular flexibility index (Phi) is 9.56. The number of aldehydes is 1. The van der Waals surface area contributed by atoms with Crippen molar-refractivity contribution in [2.24, 2.45) is 0 Å². The van der Waals surface area contributed by atoms with Crippen LogP contribution >= 0.6 is 0 Å². The fourth-order valence-corrected chi connectivity index (χ4v) is 9.56. The fourth-order valence-electron chi connectivity index (χ4n) is 8.09. The summed E-state index contributed by atoms with van der Waals surface area (Å²) in [6.07, 6.45) is 9.29. The molecule has 7 heterocycles. The minimum absolute atomic E-state index is 0.0122. The highest BCUT2D eigenvalue weighted by molar-refractivity contribution is 7.90. The number of carbonyl (C=O) groups is 3. The highest BCUT2D eigenvalue weighted by Crippen LogP contribution is 2.33. The lowest BCUT2D eigenvalue weighted by molar-refractivity contribution is -0.131. The average Bonchev–Trinajstić information content (AvgIpc) is 3.71. The molecular formula is C39H44N12O5S. The lowest BCUT2D eigenvalue weighted by Crippen LogP contribution is -2.52. The van der Waals surface area contributed by atoms with Gasteiger partial charge in [-0.3, -0.25) is 24.0 Å². The number of nitrogens with one attached hydrogen (secondary N) is 2. The SMILES string of the molecule is CC(C)n1nc(N2CCN(Cc3ccc4c(c3)CN(C3CCC(C(=O)C=O)NC3)C4=O)CC2)c2cnc(Nc3ccnc(-c4cnn(S(=O)(=O)C5CC5)c4)n3)cc21. The zero-order valence-electron chi connectivity index (χ0n) is 31.8. The number of Topliss-reactive ketones (excluding diaryl/α,β-unsaturated/α-hetero) is 1. The Hall–Kier alpha value is -5.59. The number of hydrogen-bond donors (Lipinski definition) is 2. The second-order valence-electron chi connectivity index (χ2n) is 15.6. The molecule has 0 radical (unpaired) electrons. The molecule has 2 atom stereocenters. The lowest BCUT2D eigenvalue weighted by Gasteiger charge is -2.35. The predicted molar refractivity (Wildman–Crippen MR) is 211 cm³/mol. The second-order valence-corrected chi connectivity index (χ2v) is 17.7. The number of pyridine rings is 1. The molecule has 3 aliphatic heterocycles. The number of fused-ring (bicyclic) bond motifs is 2. The number of benzene rings is 1. The van der Waals surface area contributed by atoms with E-state index in [-0.39, 0.29) is 23.2 Å². The van der Waals surface area contributed by atoms with E-state index in [4.69, 9.17) is 10.1 Å². The summed E-state index contributed by atoms with van der Waals surface area (Å²) in [6, 6.07) is 9.50. The first-order valence-electron chi connectivity index (χ1n) is 19.5. The van der Waals surface area contributed by atoms with Gasteiger partial charge in [-0.25, -0.2) is 23.4 Å². The monoisotopic (exact) mass is 792 g/mol. The highest BCUT2D eigenvalue weighted by Gasteiger charge is 2.38. The number of nitrogens with zero attached hydrogens (tertiary/aromatic N) is 10. The molecule has 2 N–H and O–H groups in total. The van der Waals surface area contributed by atoms with Crippen molar-refractivity contribution in [1.82, 2.24) is 49.0 Å². The maximum atomic E-state index is 13.3. The minimum atomic E-state index is -3.49. The number of piperidine rings is 1. The lowest BCUT2D eigenvalue weighted by atomic mass is 9.97. The molecule has 1 aliphatic carbocycles. The molecule has 57 heavy (non-hydrogen) atoms. The van der Waals surface area contributed by atoms with Crippen LogP contribution in [0.4, 0.5) is 17.5 Å². The first-order chi connectivity index (χ1) is 27.5. The summed E-state index contributed by atoms with van der Waals surface area (Å²) in [5, 5.41) is 16.2. The van der Waals surface area contributed by atoms with Gasteiger partial charge in [-0.05, 0) is 62.8 Å². The van der Waals surface area contributed by atoms with Crippen LogP contribution in [0.5, 0.6) is 0 Å². The van der Waals surface area contributed by atoms with Gasteiger partial charge in [-0.15, -0.1) is 0 Å². The molecule has 1 aromatic carbocycles. The molecule has 4 aliphatic rings. The van der Waals surface area contributed by atoms with Crippen molar-refractivity contribution in [3.8, 4) is 11.4 Å². The molecular weight excluding hydrogens is 749 g/mol. The zero-order valence-corrected chi connectivity index (χ0v) is 32.6. The van der Waals surface area contributed by atoms with Gasteiger partial charge in [0.25, 0.3) is 15.9 Å². The first-order valence-corrected chi connectivity index (χ1v) is 21.0. The summed E-state index contributed by atoms with van der Waals surface area (Å²) < 4.78 is 28.3. The van der Waals surface area contributed by atoms with E-state index in [2.05, 4.69) is 61.5 Å². The first kappa shape index (κ1) is 37.0. The Labute approximate surface area is 329 Å². The third kappa shape index (κ3) is 7.16. The summed E-state index contributed by atoms with van der Waals surface area (Å²) in [5.74, 6) is 1.94. The van der Waals surface area contributed by atoms with E-state index < -0.39 is 21.8 Å². The van der Waals surface area contributed by atoms with Crippen molar-refractivity contribution in [2.45, 2.75) is 76.0 Å². The van der Waals surface area contributed by atoms with Gasteiger partial charge < -0.3 is 20.4 Å². The van der Waals surface area contributed by atoms with E-state index >= 15 is 0 Å². The number of anilines is 3. The average molecular weight is 793 g/mol. The van der Waals surface area contributed by atoms with E-state index in [9.17, 15) is 22.8 Å². The Morgan fingerprint density at radius 1 is 1.02 bits per heavy atom. The van der Waals surface area contributed by atoms with Crippen LogP contribution in [0.1, 0.15) is 67.1 Å². The van der Waals surface area contributed by atoms with Crippen molar-refractivity contribution in [3.63, 3.8) is 0 Å². The maximum absolute atomic E-state index is 13.3. The molecule has 1 amide bonds. The zero-order chi connectivity index (χ0) is 39.4. The number of rotatable bonds is 12. The van der Waals surface area contributed by atoms with Crippen LogP contribution in [0.2, 0.25) is 0 Å². The van der Waals surface area contributed by atoms with Crippen molar-refractivity contribution in [1.29, 1.82) is 0 Å². The topological polar surface area (TPSA) is 193 Å². The predicted octanol–water partition coefficient (Wildman–Crippen LogP) is 2.92. The molecule has 18 heteroatoms. The number of aromatic nitrogens is 7. The van der Waals surface area contributed by atoms with Crippen LogP contribution in [-0.4, -0.2) is 120 Å². The molecule has 5 aromatic rings. The van der Waals surface area contributed by atoms with E-state index in [1.807, 2.05) is 27.9 Å². The van der Waals surface area contributed by atoms with Crippen molar-refractivity contribution < 1.29 is 22.8 Å². The molecule has 2 unspecified atom stereocenters. The summed E-state index contributed by atoms with van der Waals surface area (Å²) in [5.41, 5.74) is 4.39. The Morgan fingerprint density at radius 2 is 1.84 bits per heavy atom. The molecule has 17 nitrogen and oxygen atoms in total.